The standard InChI is InChI=1S/C19H19F3N2O4S/c20-19(21,22)28-16-10-4-5-11-17(16)29(26,27)24-12-6-7-14(13-24)18(25)23-15-8-2-1-3-9-15/h1-5,8-11,14H,6-7,12-13H2,(H,23,25). The predicted octanol–water partition coefficient (Wildman–Crippen LogP) is 3.62. The molecule has 1 fully saturated rings. The topological polar surface area (TPSA) is 75.7 Å². The molecule has 2 aromatic carbocycles. The van der Waals surface area contributed by atoms with Gasteiger partial charge in [-0.15, -0.1) is 13.2 Å². The molecule has 1 N–H and O–H groups in total. The summed E-state index contributed by atoms with van der Waals surface area (Å²) in [5.74, 6) is -1.75. The van der Waals surface area contributed by atoms with Gasteiger partial charge >= 0.3 is 6.36 Å². The highest BCUT2D eigenvalue weighted by Gasteiger charge is 2.38. The van der Waals surface area contributed by atoms with Crippen LogP contribution in [0, 0.1) is 5.92 Å². The number of carbonyl (C=O) groups is 1. The second kappa shape index (κ2) is 8.42. The van der Waals surface area contributed by atoms with E-state index in [-0.39, 0.29) is 19.0 Å². The number of nitrogens with zero attached hydrogens (tertiary/aromatic N) is 1. The second-order valence-electron chi connectivity index (χ2n) is 6.55. The molecule has 1 amide bonds. The van der Waals surface area contributed by atoms with E-state index in [4.69, 9.17) is 0 Å². The molecule has 3 rings (SSSR count). The Morgan fingerprint density at radius 1 is 1.07 bits per heavy atom. The van der Waals surface area contributed by atoms with E-state index in [0.29, 0.717) is 18.5 Å². The normalized spacial score (nSPS) is 18.2. The van der Waals surface area contributed by atoms with Gasteiger partial charge in [-0.3, -0.25) is 4.79 Å². The molecule has 6 nitrogen and oxygen atoms in total. The van der Waals surface area contributed by atoms with Crippen LogP contribution in [-0.4, -0.2) is 38.1 Å². The largest absolute Gasteiger partial charge is 0.573 e. The highest BCUT2D eigenvalue weighted by molar-refractivity contribution is 7.89. The van der Waals surface area contributed by atoms with Crippen molar-refractivity contribution in [3.63, 3.8) is 0 Å². The molecule has 0 radical (unpaired) electrons. The smallest absolute Gasteiger partial charge is 0.404 e. The van der Waals surface area contributed by atoms with Crippen LogP contribution in [0.15, 0.2) is 59.5 Å². The number of benzene rings is 2. The minimum absolute atomic E-state index is 0.109. The van der Waals surface area contributed by atoms with Crippen molar-refractivity contribution >= 4 is 21.6 Å². The number of carbonyl (C=O) groups excluding carboxylic acids is 1. The van der Waals surface area contributed by atoms with Gasteiger partial charge in [0, 0.05) is 18.8 Å². The fraction of sp³-hybridized carbons (Fsp3) is 0.316. The maximum atomic E-state index is 13.0. The zero-order valence-electron chi connectivity index (χ0n) is 15.2. The van der Waals surface area contributed by atoms with Gasteiger partial charge in [0.05, 0.1) is 5.92 Å². The highest BCUT2D eigenvalue weighted by atomic mass is 32.2. The van der Waals surface area contributed by atoms with E-state index in [1.54, 1.807) is 30.3 Å². The van der Waals surface area contributed by atoms with Crippen LogP contribution in [-0.2, 0) is 14.8 Å². The van der Waals surface area contributed by atoms with Gasteiger partial charge in [0.15, 0.2) is 0 Å². The Morgan fingerprint density at radius 3 is 2.41 bits per heavy atom. The maximum absolute atomic E-state index is 13.0. The number of alkyl halides is 3. The third kappa shape index (κ3) is 5.27. The van der Waals surface area contributed by atoms with Gasteiger partial charge in [0.2, 0.25) is 15.9 Å². The molecule has 2 aromatic rings. The molecule has 0 spiro atoms. The van der Waals surface area contributed by atoms with Crippen LogP contribution in [0.3, 0.4) is 0 Å². The predicted molar refractivity (Wildman–Crippen MR) is 99.7 cm³/mol. The number of piperidine rings is 1. The highest BCUT2D eigenvalue weighted by Crippen LogP contribution is 2.33. The Morgan fingerprint density at radius 2 is 1.72 bits per heavy atom. The number of anilines is 1. The van der Waals surface area contributed by atoms with Gasteiger partial charge in [-0.05, 0) is 37.1 Å². The Kier molecular flexibility index (Phi) is 6.13. The van der Waals surface area contributed by atoms with E-state index in [0.717, 1.165) is 16.4 Å². The van der Waals surface area contributed by atoms with E-state index in [9.17, 15) is 26.4 Å². The molecule has 1 saturated heterocycles. The Labute approximate surface area is 166 Å². The van der Waals surface area contributed by atoms with Gasteiger partial charge in [0.1, 0.15) is 10.6 Å². The Bertz CT molecular complexity index is 965. The van der Waals surface area contributed by atoms with Crippen molar-refractivity contribution in [2.75, 3.05) is 18.4 Å². The first-order chi connectivity index (χ1) is 13.7. The van der Waals surface area contributed by atoms with Crippen molar-refractivity contribution in [3.05, 3.63) is 54.6 Å². The molecule has 29 heavy (non-hydrogen) atoms. The summed E-state index contributed by atoms with van der Waals surface area (Å²) in [7, 11) is -4.28. The quantitative estimate of drug-likeness (QED) is 0.789. The van der Waals surface area contributed by atoms with Crippen LogP contribution in [0.1, 0.15) is 12.8 Å². The molecule has 1 atom stereocenters. The van der Waals surface area contributed by atoms with E-state index in [1.165, 1.54) is 12.1 Å². The molecule has 0 aromatic heterocycles. The lowest BCUT2D eigenvalue weighted by molar-refractivity contribution is -0.275. The number of hydrogen-bond donors (Lipinski definition) is 1. The van der Waals surface area contributed by atoms with Crippen LogP contribution >= 0.6 is 0 Å². The summed E-state index contributed by atoms with van der Waals surface area (Å²) in [6.07, 6.45) is -4.13. The number of ether oxygens (including phenoxy) is 1. The summed E-state index contributed by atoms with van der Waals surface area (Å²) in [6.45, 7) is -0.0147. The fourth-order valence-corrected chi connectivity index (χ4v) is 4.79. The average Bonchev–Trinajstić information content (AvgIpc) is 2.68. The van der Waals surface area contributed by atoms with Crippen LogP contribution in [0.5, 0.6) is 5.75 Å². The number of rotatable bonds is 5. The summed E-state index contributed by atoms with van der Waals surface area (Å²) in [5.41, 5.74) is 0.585. The zero-order valence-corrected chi connectivity index (χ0v) is 16.0. The van der Waals surface area contributed by atoms with Crippen LogP contribution in [0.4, 0.5) is 18.9 Å². The van der Waals surface area contributed by atoms with Crippen molar-refractivity contribution in [2.24, 2.45) is 5.92 Å². The first-order valence-corrected chi connectivity index (χ1v) is 10.3. The first kappa shape index (κ1) is 21.1. The molecule has 0 aliphatic carbocycles. The Hall–Kier alpha value is -2.59. The van der Waals surface area contributed by atoms with Crippen molar-refractivity contribution < 1.29 is 31.1 Å². The third-order valence-corrected chi connectivity index (χ3v) is 6.39. The minimum atomic E-state index is -5.02. The molecular weight excluding hydrogens is 409 g/mol. The van der Waals surface area contributed by atoms with Crippen molar-refractivity contribution in [3.8, 4) is 5.75 Å². The van der Waals surface area contributed by atoms with Gasteiger partial charge in [-0.25, -0.2) is 8.42 Å². The summed E-state index contributed by atoms with van der Waals surface area (Å²) in [4.78, 5) is 11.9. The maximum Gasteiger partial charge on any atom is 0.573 e. The third-order valence-electron chi connectivity index (χ3n) is 4.49. The number of amides is 1. The van der Waals surface area contributed by atoms with Crippen LogP contribution in [0.25, 0.3) is 0 Å². The monoisotopic (exact) mass is 428 g/mol. The van der Waals surface area contributed by atoms with E-state index >= 15 is 0 Å². The fourth-order valence-electron chi connectivity index (χ4n) is 3.15. The Balaban J connectivity index is 1.79. The summed E-state index contributed by atoms with van der Waals surface area (Å²) in [5, 5.41) is 2.73. The SMILES string of the molecule is O=C(Nc1ccccc1)C1CCCN(S(=O)(=O)c2ccccc2OC(F)(F)F)C1. The summed E-state index contributed by atoms with van der Waals surface area (Å²) >= 11 is 0. The number of para-hydroxylation sites is 2. The molecule has 156 valence electrons. The van der Waals surface area contributed by atoms with Crippen molar-refractivity contribution in [1.82, 2.24) is 4.31 Å². The van der Waals surface area contributed by atoms with E-state index in [2.05, 4.69) is 10.1 Å². The number of hydrogen-bond acceptors (Lipinski definition) is 4. The lowest BCUT2D eigenvalue weighted by atomic mass is 9.99. The minimum Gasteiger partial charge on any atom is -0.404 e. The number of sulfonamides is 1. The van der Waals surface area contributed by atoms with Gasteiger partial charge in [-0.1, -0.05) is 30.3 Å². The van der Waals surface area contributed by atoms with Crippen LogP contribution in [0.2, 0.25) is 0 Å². The molecule has 1 aliphatic heterocycles. The first-order valence-electron chi connectivity index (χ1n) is 8.88. The summed E-state index contributed by atoms with van der Waals surface area (Å²) in [6, 6.07) is 13.3. The molecule has 0 saturated carbocycles. The van der Waals surface area contributed by atoms with Crippen LogP contribution < -0.4 is 10.1 Å². The van der Waals surface area contributed by atoms with E-state index in [1.807, 2.05) is 0 Å². The molecule has 10 heteroatoms. The van der Waals surface area contributed by atoms with Gasteiger partial charge in [-0.2, -0.15) is 4.31 Å². The molecule has 1 unspecified atom stereocenters. The van der Waals surface area contributed by atoms with Gasteiger partial charge < -0.3 is 10.1 Å². The lowest BCUT2D eigenvalue weighted by Gasteiger charge is -2.31. The molecular formula is C19H19F3N2O4S. The summed E-state index contributed by atoms with van der Waals surface area (Å²) < 4.78 is 68.8. The molecule has 1 heterocycles. The van der Waals surface area contributed by atoms with Crippen molar-refractivity contribution in [2.45, 2.75) is 24.1 Å². The number of nitrogens with one attached hydrogen (secondary N) is 1. The zero-order chi connectivity index (χ0) is 21.1. The van der Waals surface area contributed by atoms with Gasteiger partial charge in [0.25, 0.3) is 0 Å². The second-order valence-corrected chi connectivity index (χ2v) is 8.46. The lowest BCUT2D eigenvalue weighted by Crippen LogP contribution is -2.43. The van der Waals surface area contributed by atoms with E-state index < -0.39 is 32.9 Å². The number of halogens is 3. The molecule has 0 bridgehead atoms. The average molecular weight is 428 g/mol. The van der Waals surface area contributed by atoms with Crippen molar-refractivity contribution in [1.29, 1.82) is 0 Å². The molecule has 1 aliphatic rings.